The number of carboxylic acids is 3. The first-order chi connectivity index (χ1) is 15.4. The first kappa shape index (κ1) is 33.5. The summed E-state index contributed by atoms with van der Waals surface area (Å²) in [6.45, 7) is 2.27. The molecule has 0 atom stereocenters. The Balaban J connectivity index is 0. The third-order valence-electron chi connectivity index (χ3n) is 5.34. The molecule has 7 heteroatoms. The van der Waals surface area contributed by atoms with Crippen molar-refractivity contribution < 1.29 is 51.4 Å². The predicted octanol–water partition coefficient (Wildman–Crippen LogP) is 3.41. The van der Waals surface area contributed by atoms with Gasteiger partial charge in [0.15, 0.2) is 0 Å². The molecule has 1 aromatic carbocycles. The third-order valence-corrected chi connectivity index (χ3v) is 5.34. The van der Waals surface area contributed by atoms with Gasteiger partial charge in [-0.1, -0.05) is 121 Å². The van der Waals surface area contributed by atoms with Gasteiger partial charge in [0, 0.05) is 5.97 Å². The van der Waals surface area contributed by atoms with Crippen LogP contribution < -0.4 is 15.3 Å². The van der Waals surface area contributed by atoms with Crippen molar-refractivity contribution in [2.75, 3.05) is 0 Å². The van der Waals surface area contributed by atoms with E-state index in [1.54, 1.807) is 0 Å². The monoisotopic (exact) mass is 495 g/mol. The Morgan fingerprint density at radius 2 is 0.818 bits per heavy atom. The summed E-state index contributed by atoms with van der Waals surface area (Å²) in [5.74, 6) is -3.57. The molecule has 0 aliphatic rings. The molecule has 0 N–H and O–H groups in total. The van der Waals surface area contributed by atoms with Gasteiger partial charge >= 0.3 is 21.7 Å². The van der Waals surface area contributed by atoms with Gasteiger partial charge in [0.25, 0.3) is 0 Å². The number of unbranched alkanes of at least 4 members (excludes halogenated alkanes) is 14. The van der Waals surface area contributed by atoms with Crippen molar-refractivity contribution >= 4 is 17.9 Å². The minimum absolute atomic E-state index is 0. The first-order valence-corrected chi connectivity index (χ1v) is 12.1. The predicted molar refractivity (Wildman–Crippen MR) is 120 cm³/mol. The standard InChI is InChI=1S/C18H36O2.C8H6O4.Ti/c1-2-3-4-5-6-7-8-9-10-11-12-13-14-15-16-17-18(19)20;9-7(10)5-1-2-6(4-3-5)8(11)12;/h2-17H2,1H3,(H,19,20);1-4H,(H,9,10)(H,11,12);/q;;+2/p-3. The van der Waals surface area contributed by atoms with E-state index >= 15 is 0 Å². The summed E-state index contributed by atoms with van der Waals surface area (Å²) in [4.78, 5) is 30.6. The van der Waals surface area contributed by atoms with Crippen LogP contribution in [0.2, 0.25) is 0 Å². The van der Waals surface area contributed by atoms with Crippen LogP contribution in [0.5, 0.6) is 0 Å². The number of aliphatic carboxylic acids is 1. The van der Waals surface area contributed by atoms with Gasteiger partial charge in [0.1, 0.15) is 0 Å². The number of carbonyl (C=O) groups is 3. The molecule has 0 fully saturated rings. The van der Waals surface area contributed by atoms with Crippen LogP contribution in [0, 0.1) is 0 Å². The summed E-state index contributed by atoms with van der Waals surface area (Å²) in [6, 6.07) is 4.61. The fourth-order valence-corrected chi connectivity index (χ4v) is 3.38. The molecule has 6 nitrogen and oxygen atoms in total. The van der Waals surface area contributed by atoms with Crippen molar-refractivity contribution in [1.82, 2.24) is 0 Å². The zero-order valence-corrected chi connectivity index (χ0v) is 21.6. The van der Waals surface area contributed by atoms with E-state index in [1.807, 2.05) is 0 Å². The van der Waals surface area contributed by atoms with Gasteiger partial charge in [-0.25, -0.2) is 0 Å². The van der Waals surface area contributed by atoms with Crippen LogP contribution in [-0.4, -0.2) is 17.9 Å². The zero-order chi connectivity index (χ0) is 24.0. The maximum Gasteiger partial charge on any atom is 2.00 e. The van der Waals surface area contributed by atoms with Crippen molar-refractivity contribution in [2.45, 2.75) is 110 Å². The Hall–Kier alpha value is -1.66. The average molecular weight is 495 g/mol. The molecule has 0 aliphatic heterocycles. The Bertz CT molecular complexity index is 597. The Labute approximate surface area is 214 Å². The topological polar surface area (TPSA) is 120 Å². The molecule has 1 aromatic rings. The largest absolute Gasteiger partial charge is 2.00 e. The molecule has 0 saturated heterocycles. The van der Waals surface area contributed by atoms with Crippen LogP contribution in [-0.2, 0) is 26.5 Å². The molecular formula is C26H39O6Ti-. The van der Waals surface area contributed by atoms with E-state index in [0.29, 0.717) is 0 Å². The smallest absolute Gasteiger partial charge is 0.550 e. The molecule has 33 heavy (non-hydrogen) atoms. The molecule has 0 bridgehead atoms. The van der Waals surface area contributed by atoms with Gasteiger partial charge < -0.3 is 29.7 Å². The van der Waals surface area contributed by atoms with Crippen LogP contribution >= 0.6 is 0 Å². The van der Waals surface area contributed by atoms with Crippen molar-refractivity contribution in [3.8, 4) is 0 Å². The van der Waals surface area contributed by atoms with E-state index in [-0.39, 0.29) is 39.3 Å². The second-order valence-corrected chi connectivity index (χ2v) is 8.22. The Kier molecular flexibility index (Phi) is 23.9. The summed E-state index contributed by atoms with van der Waals surface area (Å²) >= 11 is 0. The maximum absolute atomic E-state index is 10.2. The van der Waals surface area contributed by atoms with Gasteiger partial charge in [-0.2, -0.15) is 0 Å². The average Bonchev–Trinajstić information content (AvgIpc) is 2.76. The molecule has 0 saturated carbocycles. The molecule has 0 amide bonds. The van der Waals surface area contributed by atoms with Crippen LogP contribution in [0.15, 0.2) is 24.3 Å². The molecule has 0 heterocycles. The Morgan fingerprint density at radius 1 is 0.545 bits per heavy atom. The molecule has 0 radical (unpaired) electrons. The molecule has 184 valence electrons. The minimum atomic E-state index is -1.33. The maximum atomic E-state index is 10.2. The van der Waals surface area contributed by atoms with Crippen molar-refractivity contribution in [2.24, 2.45) is 0 Å². The van der Waals surface area contributed by atoms with E-state index in [2.05, 4.69) is 6.92 Å². The number of carboxylic acid groups (broad SMARTS) is 3. The van der Waals surface area contributed by atoms with Crippen LogP contribution in [0.1, 0.15) is 130 Å². The number of hydrogen-bond donors (Lipinski definition) is 0. The summed E-state index contributed by atoms with van der Waals surface area (Å²) in [5, 5.41) is 30.6. The van der Waals surface area contributed by atoms with E-state index in [9.17, 15) is 29.7 Å². The summed E-state index contributed by atoms with van der Waals surface area (Å²) in [7, 11) is 0. The van der Waals surface area contributed by atoms with Crippen molar-refractivity contribution in [3.05, 3.63) is 35.4 Å². The molecule has 0 spiro atoms. The van der Waals surface area contributed by atoms with E-state index < -0.39 is 17.9 Å². The third kappa shape index (κ3) is 21.9. The van der Waals surface area contributed by atoms with Crippen LogP contribution in [0.25, 0.3) is 0 Å². The zero-order valence-electron chi connectivity index (χ0n) is 20.1. The first-order valence-electron chi connectivity index (χ1n) is 12.1. The van der Waals surface area contributed by atoms with Crippen molar-refractivity contribution in [3.63, 3.8) is 0 Å². The summed E-state index contributed by atoms with van der Waals surface area (Å²) in [5.41, 5.74) is -0.111. The minimum Gasteiger partial charge on any atom is -0.550 e. The van der Waals surface area contributed by atoms with Gasteiger partial charge in [0.2, 0.25) is 0 Å². The van der Waals surface area contributed by atoms with E-state index in [0.717, 1.165) is 37.1 Å². The number of benzene rings is 1. The molecule has 1 rings (SSSR count). The molecule has 0 aromatic heterocycles. The normalized spacial score (nSPS) is 9.97. The second kappa shape index (κ2) is 23.5. The number of aromatic carboxylic acids is 2. The van der Waals surface area contributed by atoms with E-state index in [1.165, 1.54) is 83.5 Å². The van der Waals surface area contributed by atoms with Gasteiger partial charge in [0.05, 0.1) is 11.9 Å². The van der Waals surface area contributed by atoms with Gasteiger partial charge in [-0.15, -0.1) is 0 Å². The molecule has 0 aliphatic carbocycles. The van der Waals surface area contributed by atoms with Gasteiger partial charge in [-0.05, 0) is 24.0 Å². The van der Waals surface area contributed by atoms with Crippen molar-refractivity contribution in [1.29, 1.82) is 0 Å². The quantitative estimate of drug-likeness (QED) is 0.227. The number of hydrogen-bond acceptors (Lipinski definition) is 6. The Morgan fingerprint density at radius 3 is 1.06 bits per heavy atom. The fourth-order valence-electron chi connectivity index (χ4n) is 3.38. The van der Waals surface area contributed by atoms with Crippen LogP contribution in [0.3, 0.4) is 0 Å². The van der Waals surface area contributed by atoms with Gasteiger partial charge in [-0.3, -0.25) is 0 Å². The fraction of sp³-hybridized carbons (Fsp3) is 0.654. The number of rotatable bonds is 18. The SMILES string of the molecule is CCCCCCCCCCCCCCCCCC(=O)[O-].O=C([O-])c1ccc(C(=O)[O-])cc1.[Ti+2]. The molecule has 0 unspecified atom stereocenters. The second-order valence-electron chi connectivity index (χ2n) is 8.22. The van der Waals surface area contributed by atoms with E-state index in [4.69, 9.17) is 0 Å². The summed E-state index contributed by atoms with van der Waals surface area (Å²) < 4.78 is 0. The van der Waals surface area contributed by atoms with Crippen LogP contribution in [0.4, 0.5) is 0 Å². The molecular weight excluding hydrogens is 456 g/mol. The number of carbonyl (C=O) groups excluding carboxylic acids is 3. The summed E-state index contributed by atoms with van der Waals surface area (Å²) in [6.07, 6.45) is 19.9.